The molecule has 0 spiro atoms. The van der Waals surface area contributed by atoms with Crippen molar-refractivity contribution in [2.45, 2.75) is 25.4 Å². The molecule has 1 saturated heterocycles. The van der Waals surface area contributed by atoms with E-state index in [2.05, 4.69) is 4.74 Å². The predicted molar refractivity (Wildman–Crippen MR) is 52.6 cm³/mol. The number of likely N-dealkylation sites (tertiary alicyclic amines) is 1. The molecule has 80 valence electrons. The van der Waals surface area contributed by atoms with Crippen LogP contribution >= 0.6 is 0 Å². The molecule has 1 heterocycles. The third-order valence-corrected chi connectivity index (χ3v) is 2.33. The molecule has 0 bridgehead atoms. The SMILES string of the molecule is COC(=O)/C=C/N1CCCC(C)(O)C1. The van der Waals surface area contributed by atoms with Gasteiger partial charge in [-0.15, -0.1) is 0 Å². The summed E-state index contributed by atoms with van der Waals surface area (Å²) < 4.78 is 4.48. The number of methoxy groups -OCH3 is 1. The van der Waals surface area contributed by atoms with Crippen molar-refractivity contribution in [1.82, 2.24) is 4.90 Å². The second kappa shape index (κ2) is 4.46. The van der Waals surface area contributed by atoms with Crippen molar-refractivity contribution < 1.29 is 14.6 Å². The Morgan fingerprint density at radius 3 is 2.93 bits per heavy atom. The van der Waals surface area contributed by atoms with E-state index in [0.29, 0.717) is 6.54 Å². The number of esters is 1. The van der Waals surface area contributed by atoms with Gasteiger partial charge in [0, 0.05) is 25.4 Å². The molecular formula is C10H17NO3. The first-order valence-electron chi connectivity index (χ1n) is 4.76. The first kappa shape index (κ1) is 11.0. The second-order valence-corrected chi connectivity index (χ2v) is 3.91. The first-order chi connectivity index (χ1) is 6.53. The van der Waals surface area contributed by atoms with Crippen LogP contribution in [-0.2, 0) is 9.53 Å². The molecule has 0 aromatic heterocycles. The lowest BCUT2D eigenvalue weighted by atomic mass is 9.95. The van der Waals surface area contributed by atoms with Crippen LogP contribution in [0.2, 0.25) is 0 Å². The molecule has 0 radical (unpaired) electrons. The standard InChI is InChI=1S/C10H17NO3/c1-10(13)5-3-6-11(8-10)7-4-9(12)14-2/h4,7,13H,3,5-6,8H2,1-2H3/b7-4+. The fourth-order valence-corrected chi connectivity index (χ4v) is 1.62. The highest BCUT2D eigenvalue weighted by molar-refractivity contribution is 5.81. The molecule has 0 amide bonds. The van der Waals surface area contributed by atoms with Gasteiger partial charge in [-0.25, -0.2) is 4.79 Å². The molecular weight excluding hydrogens is 182 g/mol. The smallest absolute Gasteiger partial charge is 0.331 e. The quantitative estimate of drug-likeness (QED) is 0.520. The van der Waals surface area contributed by atoms with Gasteiger partial charge in [0.05, 0.1) is 12.7 Å². The molecule has 0 aliphatic carbocycles. The van der Waals surface area contributed by atoms with E-state index in [9.17, 15) is 9.90 Å². The zero-order valence-corrected chi connectivity index (χ0v) is 8.69. The summed E-state index contributed by atoms with van der Waals surface area (Å²) in [6, 6.07) is 0. The zero-order valence-electron chi connectivity index (χ0n) is 8.69. The van der Waals surface area contributed by atoms with Crippen LogP contribution in [0.4, 0.5) is 0 Å². The van der Waals surface area contributed by atoms with Crippen LogP contribution in [0.15, 0.2) is 12.3 Å². The highest BCUT2D eigenvalue weighted by Gasteiger charge is 2.26. The van der Waals surface area contributed by atoms with Crippen LogP contribution in [0.3, 0.4) is 0 Å². The number of carbonyl (C=O) groups excluding carboxylic acids is 1. The number of β-amino-alcohol motifs (C(OH)–C–C–N with tert-alkyl or cyclic N) is 1. The Morgan fingerprint density at radius 1 is 1.64 bits per heavy atom. The van der Waals surface area contributed by atoms with Crippen LogP contribution < -0.4 is 0 Å². The summed E-state index contributed by atoms with van der Waals surface area (Å²) in [4.78, 5) is 12.7. The molecule has 14 heavy (non-hydrogen) atoms. The topological polar surface area (TPSA) is 49.8 Å². The van der Waals surface area contributed by atoms with Gasteiger partial charge >= 0.3 is 5.97 Å². The number of ether oxygens (including phenoxy) is 1. The summed E-state index contributed by atoms with van der Waals surface area (Å²) in [6.07, 6.45) is 4.81. The predicted octanol–water partition coefficient (Wildman–Crippen LogP) is 0.520. The van der Waals surface area contributed by atoms with Crippen molar-refractivity contribution in [2.75, 3.05) is 20.2 Å². The van der Waals surface area contributed by atoms with Gasteiger partial charge in [0.2, 0.25) is 0 Å². The summed E-state index contributed by atoms with van der Waals surface area (Å²) in [5, 5.41) is 9.78. The number of piperidine rings is 1. The molecule has 0 saturated carbocycles. The molecule has 4 heteroatoms. The van der Waals surface area contributed by atoms with Crippen LogP contribution in [-0.4, -0.2) is 41.8 Å². The average molecular weight is 199 g/mol. The summed E-state index contributed by atoms with van der Waals surface area (Å²) in [5.74, 6) is -0.366. The van der Waals surface area contributed by atoms with Gasteiger partial charge in [0.15, 0.2) is 0 Å². The second-order valence-electron chi connectivity index (χ2n) is 3.91. The van der Waals surface area contributed by atoms with Crippen LogP contribution in [0.5, 0.6) is 0 Å². The Hall–Kier alpha value is -1.03. The zero-order chi connectivity index (χ0) is 10.6. The van der Waals surface area contributed by atoms with Crippen molar-refractivity contribution in [1.29, 1.82) is 0 Å². The van der Waals surface area contributed by atoms with E-state index in [1.807, 2.05) is 11.8 Å². The Bertz CT molecular complexity index is 236. The Morgan fingerprint density at radius 2 is 2.36 bits per heavy atom. The van der Waals surface area contributed by atoms with Gasteiger partial charge in [0.1, 0.15) is 0 Å². The summed E-state index contributed by atoms with van der Waals surface area (Å²) in [5.41, 5.74) is -0.640. The van der Waals surface area contributed by atoms with Crippen molar-refractivity contribution in [3.05, 3.63) is 12.3 Å². The fourth-order valence-electron chi connectivity index (χ4n) is 1.62. The molecule has 4 nitrogen and oxygen atoms in total. The Balaban J connectivity index is 2.45. The summed E-state index contributed by atoms with van der Waals surface area (Å²) in [7, 11) is 1.35. The highest BCUT2D eigenvalue weighted by atomic mass is 16.5. The molecule has 0 aromatic rings. The minimum Gasteiger partial charge on any atom is -0.466 e. The van der Waals surface area contributed by atoms with Crippen molar-refractivity contribution in [3.63, 3.8) is 0 Å². The maximum atomic E-state index is 10.8. The Labute approximate surface area is 84.2 Å². The van der Waals surface area contributed by atoms with Gasteiger partial charge in [-0.05, 0) is 19.8 Å². The normalized spacial score (nSPS) is 28.1. The van der Waals surface area contributed by atoms with E-state index in [0.717, 1.165) is 19.4 Å². The van der Waals surface area contributed by atoms with Crippen LogP contribution in [0.1, 0.15) is 19.8 Å². The third kappa shape index (κ3) is 3.38. The van der Waals surface area contributed by atoms with Gasteiger partial charge in [-0.1, -0.05) is 0 Å². The van der Waals surface area contributed by atoms with E-state index in [-0.39, 0.29) is 5.97 Å². The fraction of sp³-hybridized carbons (Fsp3) is 0.700. The third-order valence-electron chi connectivity index (χ3n) is 2.33. The van der Waals surface area contributed by atoms with Crippen molar-refractivity contribution in [2.24, 2.45) is 0 Å². The van der Waals surface area contributed by atoms with Crippen molar-refractivity contribution >= 4 is 5.97 Å². The number of rotatable bonds is 2. The minimum atomic E-state index is -0.640. The molecule has 0 aromatic carbocycles. The van der Waals surface area contributed by atoms with E-state index in [1.165, 1.54) is 13.2 Å². The number of carbonyl (C=O) groups is 1. The van der Waals surface area contributed by atoms with Crippen LogP contribution in [0, 0.1) is 0 Å². The van der Waals surface area contributed by atoms with Gasteiger partial charge in [0.25, 0.3) is 0 Å². The summed E-state index contributed by atoms with van der Waals surface area (Å²) in [6.45, 7) is 3.26. The van der Waals surface area contributed by atoms with Gasteiger partial charge < -0.3 is 14.7 Å². The molecule has 1 N–H and O–H groups in total. The van der Waals surface area contributed by atoms with E-state index < -0.39 is 5.60 Å². The molecule has 1 fully saturated rings. The Kier molecular flexibility index (Phi) is 3.52. The lowest BCUT2D eigenvalue weighted by Gasteiger charge is -2.36. The molecule has 1 unspecified atom stereocenters. The van der Waals surface area contributed by atoms with Crippen molar-refractivity contribution in [3.8, 4) is 0 Å². The monoisotopic (exact) mass is 199 g/mol. The van der Waals surface area contributed by atoms with E-state index >= 15 is 0 Å². The lowest BCUT2D eigenvalue weighted by molar-refractivity contribution is -0.134. The largest absolute Gasteiger partial charge is 0.466 e. The molecule has 1 aliphatic heterocycles. The van der Waals surface area contributed by atoms with E-state index in [4.69, 9.17) is 0 Å². The average Bonchev–Trinajstić information content (AvgIpc) is 2.12. The minimum absolute atomic E-state index is 0.366. The maximum Gasteiger partial charge on any atom is 0.331 e. The summed E-state index contributed by atoms with van der Waals surface area (Å²) >= 11 is 0. The number of aliphatic hydroxyl groups is 1. The molecule has 1 aliphatic rings. The van der Waals surface area contributed by atoms with Gasteiger partial charge in [-0.3, -0.25) is 0 Å². The van der Waals surface area contributed by atoms with Crippen LogP contribution in [0.25, 0.3) is 0 Å². The molecule has 1 atom stereocenters. The highest BCUT2D eigenvalue weighted by Crippen LogP contribution is 2.20. The lowest BCUT2D eigenvalue weighted by Crippen LogP contribution is -2.43. The number of hydrogen-bond donors (Lipinski definition) is 1. The number of hydrogen-bond acceptors (Lipinski definition) is 4. The molecule has 1 rings (SSSR count). The van der Waals surface area contributed by atoms with E-state index in [1.54, 1.807) is 6.20 Å². The number of nitrogens with zero attached hydrogens (tertiary/aromatic N) is 1. The van der Waals surface area contributed by atoms with Gasteiger partial charge in [-0.2, -0.15) is 0 Å². The maximum absolute atomic E-state index is 10.8. The first-order valence-corrected chi connectivity index (χ1v) is 4.76.